The van der Waals surface area contributed by atoms with Gasteiger partial charge in [-0.15, -0.1) is 11.3 Å². The lowest BCUT2D eigenvalue weighted by Gasteiger charge is -2.22. The van der Waals surface area contributed by atoms with Gasteiger partial charge in [0.05, 0.1) is 15.2 Å². The van der Waals surface area contributed by atoms with E-state index < -0.39 is 11.5 Å². The number of nitrogens with one attached hydrogen (secondary N) is 1. The van der Waals surface area contributed by atoms with Crippen LogP contribution in [0.2, 0.25) is 0 Å². The molecule has 0 spiro atoms. The minimum atomic E-state index is -0.812. The molecule has 0 radical (unpaired) electrons. The first-order chi connectivity index (χ1) is 8.70. The third-order valence-corrected chi connectivity index (χ3v) is 4.48. The van der Waals surface area contributed by atoms with E-state index in [9.17, 15) is 9.90 Å². The number of hydrogen-bond donors (Lipinski definition) is 2. The van der Waals surface area contributed by atoms with Crippen molar-refractivity contribution in [2.75, 3.05) is 6.54 Å². The van der Waals surface area contributed by atoms with E-state index in [0.717, 1.165) is 28.2 Å². The lowest BCUT2D eigenvalue weighted by Crippen LogP contribution is -2.49. The molecule has 5 heteroatoms. The summed E-state index contributed by atoms with van der Waals surface area (Å²) >= 11 is 1.59. The second kappa shape index (κ2) is 4.33. The molecular formula is C13H14N2O2S. The molecule has 1 aromatic heterocycles. The van der Waals surface area contributed by atoms with Crippen molar-refractivity contribution < 1.29 is 9.90 Å². The van der Waals surface area contributed by atoms with E-state index in [0.29, 0.717) is 12.8 Å². The Labute approximate surface area is 109 Å². The number of carboxylic acid groups (broad SMARTS) is 1. The highest BCUT2D eigenvalue weighted by molar-refractivity contribution is 7.18. The van der Waals surface area contributed by atoms with Gasteiger partial charge in [-0.2, -0.15) is 0 Å². The Hall–Kier alpha value is -1.46. The summed E-state index contributed by atoms with van der Waals surface area (Å²) in [6, 6.07) is 7.91. The van der Waals surface area contributed by atoms with E-state index in [-0.39, 0.29) is 0 Å². The average Bonchev–Trinajstić information content (AvgIpc) is 2.95. The van der Waals surface area contributed by atoms with Crippen LogP contribution in [0.5, 0.6) is 0 Å². The molecule has 18 heavy (non-hydrogen) atoms. The van der Waals surface area contributed by atoms with Crippen molar-refractivity contribution in [3.05, 3.63) is 29.3 Å². The summed E-state index contributed by atoms with van der Waals surface area (Å²) in [4.78, 5) is 16.0. The zero-order valence-electron chi connectivity index (χ0n) is 9.85. The van der Waals surface area contributed by atoms with Gasteiger partial charge in [0, 0.05) is 6.42 Å². The van der Waals surface area contributed by atoms with Crippen LogP contribution in [-0.2, 0) is 11.2 Å². The number of thiazole rings is 1. The molecule has 2 heterocycles. The number of carboxylic acids is 1. The highest BCUT2D eigenvalue weighted by atomic mass is 32.1. The highest BCUT2D eigenvalue weighted by Gasteiger charge is 2.41. The first kappa shape index (κ1) is 11.6. The molecule has 0 bridgehead atoms. The van der Waals surface area contributed by atoms with Gasteiger partial charge in [-0.3, -0.25) is 4.79 Å². The van der Waals surface area contributed by atoms with Crippen LogP contribution < -0.4 is 5.32 Å². The van der Waals surface area contributed by atoms with Crippen LogP contribution in [0.25, 0.3) is 10.2 Å². The molecule has 1 aliphatic heterocycles. The summed E-state index contributed by atoms with van der Waals surface area (Å²) < 4.78 is 1.12. The predicted octanol–water partition coefficient (Wildman–Crippen LogP) is 2.05. The average molecular weight is 262 g/mol. The van der Waals surface area contributed by atoms with Gasteiger partial charge >= 0.3 is 5.97 Å². The van der Waals surface area contributed by atoms with E-state index in [1.54, 1.807) is 11.3 Å². The van der Waals surface area contributed by atoms with Crippen molar-refractivity contribution in [2.24, 2.45) is 0 Å². The zero-order chi connectivity index (χ0) is 12.6. The van der Waals surface area contributed by atoms with Crippen molar-refractivity contribution in [3.63, 3.8) is 0 Å². The lowest BCUT2D eigenvalue weighted by molar-refractivity contribution is -0.144. The van der Waals surface area contributed by atoms with Crippen molar-refractivity contribution in [3.8, 4) is 0 Å². The SMILES string of the molecule is O=C(O)C1(Cc2nc3ccccc3s2)CCCN1. The topological polar surface area (TPSA) is 62.2 Å². The van der Waals surface area contributed by atoms with E-state index >= 15 is 0 Å². The Kier molecular flexibility index (Phi) is 2.80. The number of para-hydroxylation sites is 1. The van der Waals surface area contributed by atoms with Gasteiger partial charge in [0.1, 0.15) is 5.54 Å². The van der Waals surface area contributed by atoms with Gasteiger partial charge in [0.2, 0.25) is 0 Å². The number of benzene rings is 1. The summed E-state index contributed by atoms with van der Waals surface area (Å²) in [6.45, 7) is 0.775. The molecule has 2 N–H and O–H groups in total. The fourth-order valence-electron chi connectivity index (χ4n) is 2.47. The highest BCUT2D eigenvalue weighted by Crippen LogP contribution is 2.29. The lowest BCUT2D eigenvalue weighted by atomic mass is 9.94. The maximum atomic E-state index is 11.5. The van der Waals surface area contributed by atoms with Crippen molar-refractivity contribution in [2.45, 2.75) is 24.8 Å². The smallest absolute Gasteiger partial charge is 0.324 e. The maximum Gasteiger partial charge on any atom is 0.324 e. The fourth-order valence-corrected chi connectivity index (χ4v) is 3.55. The van der Waals surface area contributed by atoms with Crippen molar-refractivity contribution in [1.29, 1.82) is 0 Å². The molecule has 1 atom stereocenters. The second-order valence-corrected chi connectivity index (χ2v) is 5.78. The molecule has 2 aromatic rings. The molecule has 0 saturated carbocycles. The number of hydrogen-bond acceptors (Lipinski definition) is 4. The summed E-state index contributed by atoms with van der Waals surface area (Å²) in [5.41, 5.74) is 0.143. The summed E-state index contributed by atoms with van der Waals surface area (Å²) in [7, 11) is 0. The van der Waals surface area contributed by atoms with Crippen LogP contribution in [0.1, 0.15) is 17.8 Å². The number of nitrogens with zero attached hydrogens (tertiary/aromatic N) is 1. The van der Waals surface area contributed by atoms with Crippen LogP contribution in [0.15, 0.2) is 24.3 Å². The van der Waals surface area contributed by atoms with Crippen LogP contribution >= 0.6 is 11.3 Å². The van der Waals surface area contributed by atoms with Crippen molar-refractivity contribution in [1.82, 2.24) is 10.3 Å². The molecule has 4 nitrogen and oxygen atoms in total. The number of aromatic nitrogens is 1. The largest absolute Gasteiger partial charge is 0.480 e. The van der Waals surface area contributed by atoms with Gasteiger partial charge in [-0.25, -0.2) is 4.98 Å². The Bertz CT molecular complexity index is 554. The zero-order valence-corrected chi connectivity index (χ0v) is 10.7. The number of fused-ring (bicyclic) bond motifs is 1. The van der Waals surface area contributed by atoms with Gasteiger partial charge in [0.25, 0.3) is 0 Å². The minimum Gasteiger partial charge on any atom is -0.480 e. The van der Waals surface area contributed by atoms with Crippen LogP contribution in [0.4, 0.5) is 0 Å². The van der Waals surface area contributed by atoms with Gasteiger partial charge in [0.15, 0.2) is 0 Å². The van der Waals surface area contributed by atoms with Crippen molar-refractivity contribution >= 4 is 27.5 Å². The number of carbonyl (C=O) groups is 1. The Morgan fingerprint density at radius 3 is 3.00 bits per heavy atom. The third-order valence-electron chi connectivity index (χ3n) is 3.44. The molecule has 1 aliphatic rings. The quantitative estimate of drug-likeness (QED) is 0.888. The van der Waals surface area contributed by atoms with Gasteiger partial charge in [-0.05, 0) is 31.5 Å². The molecule has 1 fully saturated rings. The summed E-state index contributed by atoms with van der Waals surface area (Å²) in [5, 5.41) is 13.4. The summed E-state index contributed by atoms with van der Waals surface area (Å²) in [6.07, 6.45) is 2.07. The normalized spacial score (nSPS) is 23.6. The first-order valence-electron chi connectivity index (χ1n) is 6.02. The van der Waals surface area contributed by atoms with Crippen LogP contribution in [0.3, 0.4) is 0 Å². The molecule has 94 valence electrons. The summed E-state index contributed by atoms with van der Waals surface area (Å²) in [5.74, 6) is -0.765. The first-order valence-corrected chi connectivity index (χ1v) is 6.84. The van der Waals surface area contributed by atoms with E-state index in [1.165, 1.54) is 0 Å². The predicted molar refractivity (Wildman–Crippen MR) is 70.9 cm³/mol. The molecule has 1 aromatic carbocycles. The Morgan fingerprint density at radius 1 is 1.50 bits per heavy atom. The molecule has 1 saturated heterocycles. The molecular weight excluding hydrogens is 248 g/mol. The number of aliphatic carboxylic acids is 1. The van der Waals surface area contributed by atoms with E-state index in [1.807, 2.05) is 24.3 Å². The Balaban J connectivity index is 1.93. The second-order valence-electron chi connectivity index (χ2n) is 4.67. The Morgan fingerprint density at radius 2 is 2.33 bits per heavy atom. The van der Waals surface area contributed by atoms with Gasteiger partial charge < -0.3 is 10.4 Å². The third kappa shape index (κ3) is 1.89. The minimum absolute atomic E-state index is 0.474. The van der Waals surface area contributed by atoms with E-state index in [2.05, 4.69) is 10.3 Å². The monoisotopic (exact) mass is 262 g/mol. The van der Waals surface area contributed by atoms with Crippen LogP contribution in [-0.4, -0.2) is 28.1 Å². The maximum absolute atomic E-state index is 11.5. The van der Waals surface area contributed by atoms with Gasteiger partial charge in [-0.1, -0.05) is 12.1 Å². The molecule has 0 amide bonds. The van der Waals surface area contributed by atoms with Crippen LogP contribution in [0, 0.1) is 0 Å². The standard InChI is InChI=1S/C13H14N2O2S/c16-12(17)13(6-3-7-14-13)8-11-15-9-4-1-2-5-10(9)18-11/h1-2,4-5,14H,3,6-8H2,(H,16,17). The molecule has 1 unspecified atom stereocenters. The van der Waals surface area contributed by atoms with E-state index in [4.69, 9.17) is 0 Å². The molecule has 0 aliphatic carbocycles. The number of rotatable bonds is 3. The fraction of sp³-hybridized carbons (Fsp3) is 0.385. The molecule has 3 rings (SSSR count).